The van der Waals surface area contributed by atoms with Gasteiger partial charge in [0.1, 0.15) is 12.1 Å². The fraction of sp³-hybridized carbons (Fsp3) is 0.312. The van der Waals surface area contributed by atoms with Crippen molar-refractivity contribution in [2.75, 3.05) is 6.61 Å². The molecule has 114 valence electrons. The second-order valence-electron chi connectivity index (χ2n) is 5.12. The number of aromatic nitrogens is 2. The van der Waals surface area contributed by atoms with Crippen LogP contribution in [0.5, 0.6) is 0 Å². The molecule has 1 aliphatic rings. The lowest BCUT2D eigenvalue weighted by Crippen LogP contribution is -2.39. The van der Waals surface area contributed by atoms with Gasteiger partial charge in [-0.1, -0.05) is 30.3 Å². The van der Waals surface area contributed by atoms with Crippen LogP contribution in [0.2, 0.25) is 0 Å². The van der Waals surface area contributed by atoms with Gasteiger partial charge >= 0.3 is 5.97 Å². The number of carbonyl (C=O) groups excluding carboxylic acids is 2. The van der Waals surface area contributed by atoms with Crippen LogP contribution in [0.25, 0.3) is 0 Å². The molecule has 6 heteroatoms. The third-order valence-electron chi connectivity index (χ3n) is 3.64. The molecule has 0 N–H and O–H groups in total. The van der Waals surface area contributed by atoms with Gasteiger partial charge in [-0.2, -0.15) is 5.10 Å². The Labute approximate surface area is 128 Å². The Morgan fingerprint density at radius 3 is 2.77 bits per heavy atom. The molecule has 0 radical (unpaired) electrons. The van der Waals surface area contributed by atoms with Crippen molar-refractivity contribution < 1.29 is 14.3 Å². The van der Waals surface area contributed by atoms with E-state index in [1.165, 1.54) is 6.20 Å². The van der Waals surface area contributed by atoms with Crippen molar-refractivity contribution in [2.45, 2.75) is 26.6 Å². The van der Waals surface area contributed by atoms with E-state index < -0.39 is 5.97 Å². The standard InChI is InChI=1S/C16H17N3O3/c1-2-22-16(21)13-8-17-19-11-15(20)18(10-14(13)19)9-12-6-4-3-5-7-12/h3-8H,2,9-11H2,1H3. The second kappa shape index (κ2) is 6.01. The molecule has 6 nitrogen and oxygen atoms in total. The lowest BCUT2D eigenvalue weighted by molar-refractivity contribution is -0.135. The minimum atomic E-state index is -0.391. The summed E-state index contributed by atoms with van der Waals surface area (Å²) in [7, 11) is 0. The lowest BCUT2D eigenvalue weighted by atomic mass is 10.1. The zero-order valence-corrected chi connectivity index (χ0v) is 12.4. The quantitative estimate of drug-likeness (QED) is 0.804. The van der Waals surface area contributed by atoms with Gasteiger partial charge < -0.3 is 9.64 Å². The van der Waals surface area contributed by atoms with E-state index in [1.807, 2.05) is 30.3 Å². The number of rotatable bonds is 4. The molecule has 1 amide bonds. The molecule has 1 aromatic heterocycles. The number of esters is 1. The Morgan fingerprint density at radius 2 is 2.05 bits per heavy atom. The predicted molar refractivity (Wildman–Crippen MR) is 78.9 cm³/mol. The lowest BCUT2D eigenvalue weighted by Gasteiger charge is -2.28. The van der Waals surface area contributed by atoms with Gasteiger partial charge in [0.15, 0.2) is 0 Å². The number of carbonyl (C=O) groups is 2. The van der Waals surface area contributed by atoms with Crippen LogP contribution in [-0.4, -0.2) is 33.2 Å². The van der Waals surface area contributed by atoms with Crippen molar-refractivity contribution in [2.24, 2.45) is 0 Å². The Hall–Kier alpha value is -2.63. The molecule has 3 rings (SSSR count). The Morgan fingerprint density at radius 1 is 1.27 bits per heavy atom. The highest BCUT2D eigenvalue weighted by Crippen LogP contribution is 2.20. The number of benzene rings is 1. The fourth-order valence-corrected chi connectivity index (χ4v) is 2.54. The monoisotopic (exact) mass is 299 g/mol. The normalized spacial score (nSPS) is 13.9. The van der Waals surface area contributed by atoms with E-state index in [0.29, 0.717) is 25.3 Å². The topological polar surface area (TPSA) is 64.4 Å². The van der Waals surface area contributed by atoms with Crippen molar-refractivity contribution in [3.8, 4) is 0 Å². The van der Waals surface area contributed by atoms with Crippen LogP contribution in [0.1, 0.15) is 28.5 Å². The molecular weight excluding hydrogens is 282 g/mol. The van der Waals surface area contributed by atoms with Gasteiger partial charge in [0.05, 0.1) is 25.0 Å². The van der Waals surface area contributed by atoms with Gasteiger partial charge in [0, 0.05) is 6.54 Å². The van der Waals surface area contributed by atoms with Crippen molar-refractivity contribution in [1.29, 1.82) is 0 Å². The zero-order valence-electron chi connectivity index (χ0n) is 12.4. The van der Waals surface area contributed by atoms with E-state index >= 15 is 0 Å². The van der Waals surface area contributed by atoms with Crippen molar-refractivity contribution >= 4 is 11.9 Å². The predicted octanol–water partition coefficient (Wildman–Crippen LogP) is 1.60. The summed E-state index contributed by atoms with van der Waals surface area (Å²) in [6.07, 6.45) is 1.48. The van der Waals surface area contributed by atoms with Gasteiger partial charge in [-0.05, 0) is 12.5 Å². The minimum absolute atomic E-state index is 0.00476. The molecule has 22 heavy (non-hydrogen) atoms. The van der Waals surface area contributed by atoms with Gasteiger partial charge in [-0.3, -0.25) is 9.48 Å². The van der Waals surface area contributed by atoms with E-state index in [2.05, 4.69) is 5.10 Å². The maximum atomic E-state index is 12.2. The average molecular weight is 299 g/mol. The van der Waals surface area contributed by atoms with E-state index in [4.69, 9.17) is 4.74 Å². The smallest absolute Gasteiger partial charge is 0.341 e. The molecule has 0 fully saturated rings. The molecule has 1 aromatic carbocycles. The molecule has 2 heterocycles. The molecule has 0 saturated carbocycles. The van der Waals surface area contributed by atoms with E-state index in [-0.39, 0.29) is 12.5 Å². The molecule has 0 spiro atoms. The summed E-state index contributed by atoms with van der Waals surface area (Å²) in [6.45, 7) is 3.12. The molecule has 0 unspecified atom stereocenters. The third-order valence-corrected chi connectivity index (χ3v) is 3.64. The van der Waals surface area contributed by atoms with Crippen molar-refractivity contribution in [3.63, 3.8) is 0 Å². The highest BCUT2D eigenvalue weighted by Gasteiger charge is 2.28. The summed E-state index contributed by atoms with van der Waals surface area (Å²) in [5, 5.41) is 4.12. The largest absolute Gasteiger partial charge is 0.462 e. The summed E-state index contributed by atoms with van der Waals surface area (Å²) in [5.41, 5.74) is 2.22. The highest BCUT2D eigenvalue weighted by atomic mass is 16.5. The first kappa shape index (κ1) is 14.3. The van der Waals surface area contributed by atoms with Crippen molar-refractivity contribution in [3.05, 3.63) is 53.3 Å². The summed E-state index contributed by atoms with van der Waals surface area (Å²) < 4.78 is 6.62. The molecular formula is C16H17N3O3. The summed E-state index contributed by atoms with van der Waals surface area (Å²) in [4.78, 5) is 25.9. The molecule has 0 saturated heterocycles. The zero-order chi connectivity index (χ0) is 15.5. The molecule has 0 bridgehead atoms. The number of hydrogen-bond acceptors (Lipinski definition) is 4. The maximum Gasteiger partial charge on any atom is 0.341 e. The van der Waals surface area contributed by atoms with Gasteiger partial charge in [0.2, 0.25) is 5.91 Å². The first-order chi connectivity index (χ1) is 10.7. The molecule has 1 aliphatic heterocycles. The molecule has 0 aliphatic carbocycles. The SMILES string of the molecule is CCOC(=O)c1cnn2c1CN(Cc1ccccc1)C(=O)C2. The average Bonchev–Trinajstić information content (AvgIpc) is 2.92. The Bertz CT molecular complexity index is 694. The Kier molecular flexibility index (Phi) is 3.91. The molecule has 2 aromatic rings. The van der Waals surface area contributed by atoms with E-state index in [1.54, 1.807) is 16.5 Å². The van der Waals surface area contributed by atoms with Crippen LogP contribution in [0.4, 0.5) is 0 Å². The minimum Gasteiger partial charge on any atom is -0.462 e. The number of amides is 1. The van der Waals surface area contributed by atoms with Crippen LogP contribution in [0.3, 0.4) is 0 Å². The highest BCUT2D eigenvalue weighted by molar-refractivity contribution is 5.91. The van der Waals surface area contributed by atoms with Gasteiger partial charge in [0.25, 0.3) is 0 Å². The summed E-state index contributed by atoms with van der Waals surface area (Å²) >= 11 is 0. The fourth-order valence-electron chi connectivity index (χ4n) is 2.54. The maximum absolute atomic E-state index is 12.2. The number of fused-ring (bicyclic) bond motifs is 1. The summed E-state index contributed by atoms with van der Waals surface area (Å²) in [6, 6.07) is 9.78. The van der Waals surface area contributed by atoms with Crippen LogP contribution in [-0.2, 0) is 29.2 Å². The first-order valence-corrected chi connectivity index (χ1v) is 7.22. The molecule has 0 atom stereocenters. The van der Waals surface area contributed by atoms with Crippen LogP contribution >= 0.6 is 0 Å². The van der Waals surface area contributed by atoms with Crippen LogP contribution in [0.15, 0.2) is 36.5 Å². The third kappa shape index (κ3) is 2.72. The number of nitrogens with zero attached hydrogens (tertiary/aromatic N) is 3. The Balaban J connectivity index is 1.82. The van der Waals surface area contributed by atoms with Crippen LogP contribution in [0, 0.1) is 0 Å². The second-order valence-corrected chi connectivity index (χ2v) is 5.12. The first-order valence-electron chi connectivity index (χ1n) is 7.22. The van der Waals surface area contributed by atoms with Gasteiger partial charge in [-0.15, -0.1) is 0 Å². The van der Waals surface area contributed by atoms with E-state index in [0.717, 1.165) is 11.3 Å². The van der Waals surface area contributed by atoms with Crippen LogP contribution < -0.4 is 0 Å². The van der Waals surface area contributed by atoms with E-state index in [9.17, 15) is 9.59 Å². The number of hydrogen-bond donors (Lipinski definition) is 0. The summed E-state index contributed by atoms with van der Waals surface area (Å²) in [5.74, 6) is -0.396. The van der Waals surface area contributed by atoms with Crippen molar-refractivity contribution in [1.82, 2.24) is 14.7 Å². The number of ether oxygens (including phenoxy) is 1. The van der Waals surface area contributed by atoms with Gasteiger partial charge in [-0.25, -0.2) is 4.79 Å².